The van der Waals surface area contributed by atoms with Gasteiger partial charge in [-0.25, -0.2) is 0 Å². The third kappa shape index (κ3) is 7.22. The molecule has 3 rings (SSSR count). The number of nitrogens with one attached hydrogen (secondary N) is 1. The molecule has 0 aliphatic heterocycles. The number of hydrogen-bond donors (Lipinski definition) is 1. The van der Waals surface area contributed by atoms with Crippen LogP contribution in [0.3, 0.4) is 0 Å². The average Bonchev–Trinajstić information content (AvgIpc) is 3.29. The van der Waals surface area contributed by atoms with Crippen molar-refractivity contribution in [1.29, 1.82) is 0 Å². The quantitative estimate of drug-likeness (QED) is 0.298. The number of carbonyl (C=O) groups is 2. The van der Waals surface area contributed by atoms with Crippen LogP contribution in [0.2, 0.25) is 0 Å². The van der Waals surface area contributed by atoms with Crippen LogP contribution in [-0.2, 0) is 22.6 Å². The monoisotopic (exact) mass is 489 g/mol. The SMILES string of the molecule is CCCC[C@@H](CC)C(=O)N(CC(=O)N(CCc1c[nH]c2ccccc12)Cc1ccc(C)cc1)C(C)C. The lowest BCUT2D eigenvalue weighted by atomic mass is 9.97. The summed E-state index contributed by atoms with van der Waals surface area (Å²) in [5.74, 6) is 0.0981. The topological polar surface area (TPSA) is 56.4 Å². The van der Waals surface area contributed by atoms with E-state index in [0.29, 0.717) is 13.1 Å². The standard InChI is InChI=1S/C31H43N3O2/c1-6-8-11-26(7-2)31(36)34(23(3)4)22-30(35)33(21-25-16-14-24(5)15-17-25)19-18-27-20-32-29-13-10-9-12-28(27)29/h9-10,12-17,20,23,26,32H,6-8,11,18-19,21-22H2,1-5H3/t26-/m1/s1. The largest absolute Gasteiger partial charge is 0.361 e. The molecule has 0 fully saturated rings. The van der Waals surface area contributed by atoms with Crippen molar-refractivity contribution < 1.29 is 9.59 Å². The molecule has 5 heteroatoms. The number of rotatable bonds is 13. The summed E-state index contributed by atoms with van der Waals surface area (Å²) in [7, 11) is 0. The van der Waals surface area contributed by atoms with Crippen LogP contribution < -0.4 is 0 Å². The second-order valence-electron chi connectivity index (χ2n) is 10.2. The molecule has 3 aromatic rings. The molecule has 1 heterocycles. The fourth-order valence-corrected chi connectivity index (χ4v) is 4.75. The Morgan fingerprint density at radius 1 is 1.00 bits per heavy atom. The van der Waals surface area contributed by atoms with Crippen molar-refractivity contribution in [1.82, 2.24) is 14.8 Å². The molecule has 2 aromatic carbocycles. The zero-order valence-corrected chi connectivity index (χ0v) is 22.7. The lowest BCUT2D eigenvalue weighted by Gasteiger charge is -2.32. The molecule has 0 bridgehead atoms. The lowest BCUT2D eigenvalue weighted by molar-refractivity contribution is -0.145. The summed E-state index contributed by atoms with van der Waals surface area (Å²) in [6, 6.07) is 16.6. The molecule has 0 aliphatic rings. The summed E-state index contributed by atoms with van der Waals surface area (Å²) < 4.78 is 0. The first-order valence-electron chi connectivity index (χ1n) is 13.5. The number of benzene rings is 2. The molecule has 194 valence electrons. The normalized spacial score (nSPS) is 12.2. The van der Waals surface area contributed by atoms with E-state index in [-0.39, 0.29) is 30.3 Å². The molecule has 5 nitrogen and oxygen atoms in total. The Morgan fingerprint density at radius 3 is 2.39 bits per heavy atom. The van der Waals surface area contributed by atoms with Crippen molar-refractivity contribution in [3.63, 3.8) is 0 Å². The van der Waals surface area contributed by atoms with Crippen LogP contribution in [0.5, 0.6) is 0 Å². The molecule has 2 amide bonds. The molecule has 1 N–H and O–H groups in total. The van der Waals surface area contributed by atoms with Gasteiger partial charge in [-0.2, -0.15) is 0 Å². The summed E-state index contributed by atoms with van der Waals surface area (Å²) >= 11 is 0. The number of para-hydroxylation sites is 1. The first kappa shape index (κ1) is 27.5. The van der Waals surface area contributed by atoms with Gasteiger partial charge in [0.1, 0.15) is 0 Å². The zero-order chi connectivity index (χ0) is 26.1. The van der Waals surface area contributed by atoms with Crippen molar-refractivity contribution in [3.8, 4) is 0 Å². The first-order chi connectivity index (χ1) is 17.3. The van der Waals surface area contributed by atoms with Gasteiger partial charge in [0.05, 0.1) is 6.54 Å². The highest BCUT2D eigenvalue weighted by molar-refractivity contribution is 5.86. The van der Waals surface area contributed by atoms with E-state index in [9.17, 15) is 9.59 Å². The number of hydrogen-bond acceptors (Lipinski definition) is 2. The number of carbonyl (C=O) groups excluding carboxylic acids is 2. The van der Waals surface area contributed by atoms with Crippen LogP contribution in [0.1, 0.15) is 70.1 Å². The average molecular weight is 490 g/mol. The highest BCUT2D eigenvalue weighted by Crippen LogP contribution is 2.20. The molecule has 1 atom stereocenters. The van der Waals surface area contributed by atoms with Crippen LogP contribution in [0.4, 0.5) is 0 Å². The lowest BCUT2D eigenvalue weighted by Crippen LogP contribution is -2.48. The van der Waals surface area contributed by atoms with Gasteiger partial charge in [-0.05, 0) is 57.2 Å². The molecule has 36 heavy (non-hydrogen) atoms. The molecule has 0 radical (unpaired) electrons. The highest BCUT2D eigenvalue weighted by Gasteiger charge is 2.28. The van der Waals surface area contributed by atoms with Crippen molar-refractivity contribution in [3.05, 3.63) is 71.4 Å². The third-order valence-corrected chi connectivity index (χ3v) is 7.13. The fraction of sp³-hybridized carbons (Fsp3) is 0.484. The van der Waals surface area contributed by atoms with Gasteiger partial charge in [-0.3, -0.25) is 9.59 Å². The predicted molar refractivity (Wildman–Crippen MR) is 149 cm³/mol. The molecule has 1 aromatic heterocycles. The Labute approximate surface area is 216 Å². The second-order valence-corrected chi connectivity index (χ2v) is 10.2. The van der Waals surface area contributed by atoms with Crippen molar-refractivity contribution >= 4 is 22.7 Å². The van der Waals surface area contributed by atoms with E-state index in [0.717, 1.165) is 43.2 Å². The van der Waals surface area contributed by atoms with Crippen molar-refractivity contribution in [2.24, 2.45) is 5.92 Å². The van der Waals surface area contributed by atoms with Gasteiger partial charge in [-0.1, -0.05) is 74.7 Å². The van der Waals surface area contributed by atoms with Crippen LogP contribution in [0, 0.1) is 12.8 Å². The number of amides is 2. The van der Waals surface area contributed by atoms with Gasteiger partial charge in [0.25, 0.3) is 0 Å². The van der Waals surface area contributed by atoms with Gasteiger partial charge < -0.3 is 14.8 Å². The molecule has 0 unspecified atom stereocenters. The summed E-state index contributed by atoms with van der Waals surface area (Å²) in [4.78, 5) is 34.2. The Balaban J connectivity index is 1.78. The first-order valence-corrected chi connectivity index (χ1v) is 13.5. The Bertz CT molecular complexity index is 1120. The van der Waals surface area contributed by atoms with Crippen LogP contribution >= 0.6 is 0 Å². The maximum atomic E-state index is 13.7. The number of aryl methyl sites for hydroxylation is 1. The van der Waals surface area contributed by atoms with Gasteiger partial charge >= 0.3 is 0 Å². The molecular weight excluding hydrogens is 446 g/mol. The number of unbranched alkanes of at least 4 members (excludes halogenated alkanes) is 1. The number of fused-ring (bicyclic) bond motifs is 1. The summed E-state index contributed by atoms with van der Waals surface area (Å²) in [5.41, 5.74) is 4.61. The van der Waals surface area contributed by atoms with Gasteiger partial charge in [0, 0.05) is 42.1 Å². The van der Waals surface area contributed by atoms with Crippen LogP contribution in [0.15, 0.2) is 54.7 Å². The van der Waals surface area contributed by atoms with E-state index < -0.39 is 0 Å². The van der Waals surface area contributed by atoms with Gasteiger partial charge in [-0.15, -0.1) is 0 Å². The van der Waals surface area contributed by atoms with E-state index in [1.165, 1.54) is 16.5 Å². The van der Waals surface area contributed by atoms with Crippen molar-refractivity contribution in [2.75, 3.05) is 13.1 Å². The molecule has 0 spiro atoms. The number of aromatic amines is 1. The zero-order valence-electron chi connectivity index (χ0n) is 22.7. The minimum atomic E-state index is -0.0213. The molecular formula is C31H43N3O2. The Kier molecular flexibility index (Phi) is 10.2. The minimum absolute atomic E-state index is 0.00260. The van der Waals surface area contributed by atoms with E-state index in [1.807, 2.05) is 37.1 Å². The van der Waals surface area contributed by atoms with E-state index in [4.69, 9.17) is 0 Å². The van der Waals surface area contributed by atoms with E-state index in [1.54, 1.807) is 4.90 Å². The van der Waals surface area contributed by atoms with Gasteiger partial charge in [0.2, 0.25) is 11.8 Å². The smallest absolute Gasteiger partial charge is 0.242 e. The number of H-pyrrole nitrogens is 1. The van der Waals surface area contributed by atoms with Crippen LogP contribution in [-0.4, -0.2) is 45.7 Å². The fourth-order valence-electron chi connectivity index (χ4n) is 4.75. The number of nitrogens with zero attached hydrogens (tertiary/aromatic N) is 2. The molecule has 0 saturated heterocycles. The maximum absolute atomic E-state index is 13.7. The maximum Gasteiger partial charge on any atom is 0.242 e. The minimum Gasteiger partial charge on any atom is -0.361 e. The predicted octanol–water partition coefficient (Wildman–Crippen LogP) is 6.50. The Morgan fingerprint density at radius 2 is 1.72 bits per heavy atom. The summed E-state index contributed by atoms with van der Waals surface area (Å²) in [6.07, 6.45) is 6.60. The third-order valence-electron chi connectivity index (χ3n) is 7.13. The highest BCUT2D eigenvalue weighted by atomic mass is 16.2. The molecule has 0 aliphatic carbocycles. The van der Waals surface area contributed by atoms with Crippen LogP contribution in [0.25, 0.3) is 10.9 Å². The summed E-state index contributed by atoms with van der Waals surface area (Å²) in [6.45, 7) is 11.6. The van der Waals surface area contributed by atoms with E-state index in [2.05, 4.69) is 62.2 Å². The van der Waals surface area contributed by atoms with Crippen molar-refractivity contribution in [2.45, 2.75) is 79.3 Å². The summed E-state index contributed by atoms with van der Waals surface area (Å²) in [5, 5.41) is 1.20. The molecule has 0 saturated carbocycles. The number of aromatic nitrogens is 1. The van der Waals surface area contributed by atoms with E-state index >= 15 is 0 Å². The van der Waals surface area contributed by atoms with Gasteiger partial charge in [0.15, 0.2) is 0 Å². The Hall–Kier alpha value is -3.08. The second kappa shape index (κ2) is 13.3.